The first kappa shape index (κ1) is 20.1. The van der Waals surface area contributed by atoms with E-state index in [0.717, 1.165) is 25.3 Å². The van der Waals surface area contributed by atoms with Crippen LogP contribution in [0, 0.1) is 41.3 Å². The summed E-state index contributed by atoms with van der Waals surface area (Å²) in [6.07, 6.45) is 4.41. The predicted octanol–water partition coefficient (Wildman–Crippen LogP) is 3.93. The van der Waals surface area contributed by atoms with Crippen molar-refractivity contribution < 1.29 is 46.1 Å². The van der Waals surface area contributed by atoms with Gasteiger partial charge in [0.25, 0.3) is 0 Å². The number of carbonyl (C=O) groups excluding carboxylic acids is 1. The Kier molecular flexibility index (Phi) is 7.61. The molecule has 1 atom stereocenters. The molecule has 0 bridgehead atoms. The summed E-state index contributed by atoms with van der Waals surface area (Å²) >= 11 is 0. The standard InChI is InChI=1S/C20H23N3O.Pr/c1-22(18-11-9-17(10-12-18)20(21)24)19(15-23-13-5-6-14-23)16-7-3-2-4-8-16;/h2-12,19H,13-15H2,1H3,(H2,21,24);/p-1/t19-;/m1./s1. The summed E-state index contributed by atoms with van der Waals surface area (Å²) < 4.78 is 0. The Morgan fingerprint density at radius 1 is 1.08 bits per heavy atom. The average molecular weight is 461 g/mol. The van der Waals surface area contributed by atoms with E-state index >= 15 is 0 Å². The number of nitrogens with zero attached hydrogens (tertiary/aromatic N) is 2. The Morgan fingerprint density at radius 3 is 2.24 bits per heavy atom. The van der Waals surface area contributed by atoms with Crippen molar-refractivity contribution in [2.24, 2.45) is 0 Å². The molecule has 0 saturated carbocycles. The van der Waals surface area contributed by atoms with Gasteiger partial charge >= 0.3 is 0 Å². The van der Waals surface area contributed by atoms with Crippen molar-refractivity contribution in [2.45, 2.75) is 6.04 Å². The second kappa shape index (κ2) is 9.47. The van der Waals surface area contributed by atoms with Gasteiger partial charge in [0, 0.05) is 73.7 Å². The molecule has 0 saturated heterocycles. The molecule has 1 N–H and O–H groups in total. The molecular weight excluding hydrogens is 439 g/mol. The number of nitrogens with one attached hydrogen (secondary N) is 1. The van der Waals surface area contributed by atoms with Crippen molar-refractivity contribution in [3.8, 4) is 0 Å². The van der Waals surface area contributed by atoms with Gasteiger partial charge in [0.1, 0.15) is 0 Å². The molecule has 0 spiro atoms. The van der Waals surface area contributed by atoms with E-state index in [-0.39, 0.29) is 47.3 Å². The Labute approximate surface area is 182 Å². The maximum atomic E-state index is 11.2. The summed E-state index contributed by atoms with van der Waals surface area (Å²) in [5.74, 6) is -0.646. The van der Waals surface area contributed by atoms with E-state index in [2.05, 4.69) is 53.3 Å². The van der Waals surface area contributed by atoms with Crippen LogP contribution < -0.4 is 4.90 Å². The van der Waals surface area contributed by atoms with Crippen LogP contribution in [-0.4, -0.2) is 37.5 Å². The third-order valence-corrected chi connectivity index (χ3v) is 4.51. The molecule has 0 aliphatic carbocycles. The van der Waals surface area contributed by atoms with Gasteiger partial charge in [0.05, 0.1) is 11.9 Å². The van der Waals surface area contributed by atoms with Crippen LogP contribution >= 0.6 is 0 Å². The fourth-order valence-corrected chi connectivity index (χ4v) is 3.07. The van der Waals surface area contributed by atoms with Crippen LogP contribution in [0.4, 0.5) is 5.69 Å². The predicted molar refractivity (Wildman–Crippen MR) is 98.3 cm³/mol. The van der Waals surface area contributed by atoms with E-state index < -0.39 is 5.91 Å². The maximum absolute atomic E-state index is 11.2. The van der Waals surface area contributed by atoms with Crippen LogP contribution in [0.15, 0.2) is 66.7 Å². The van der Waals surface area contributed by atoms with Gasteiger partial charge in [0.15, 0.2) is 0 Å². The fraction of sp³-hybridized carbons (Fsp3) is 0.250. The first-order chi connectivity index (χ1) is 11.6. The number of likely N-dealkylation sites (N-methyl/N-ethyl adjacent to an activating group) is 1. The Hall–Kier alpha value is -1.23. The van der Waals surface area contributed by atoms with E-state index in [1.165, 1.54) is 5.56 Å². The van der Waals surface area contributed by atoms with E-state index in [0.29, 0.717) is 5.56 Å². The molecule has 1 aliphatic heterocycles. The molecule has 4 nitrogen and oxygen atoms in total. The third kappa shape index (κ3) is 5.13. The molecule has 1 heterocycles. The summed E-state index contributed by atoms with van der Waals surface area (Å²) in [5, 5.41) is 0. The van der Waals surface area contributed by atoms with Gasteiger partial charge in [-0.3, -0.25) is 4.90 Å². The zero-order chi connectivity index (χ0) is 16.9. The minimum absolute atomic E-state index is 0. The van der Waals surface area contributed by atoms with E-state index in [9.17, 15) is 4.79 Å². The molecule has 5 heteroatoms. The van der Waals surface area contributed by atoms with Gasteiger partial charge in [-0.1, -0.05) is 54.6 Å². The summed E-state index contributed by atoms with van der Waals surface area (Å²) in [4.78, 5) is 15.8. The Morgan fingerprint density at radius 2 is 1.68 bits per heavy atom. The molecule has 0 fully saturated rings. The van der Waals surface area contributed by atoms with Gasteiger partial charge in [-0.25, -0.2) is 0 Å². The SMILES string of the molecule is CN(c1ccc(C([NH-])=O)cc1)[C@H](CN1CC=CC1)c1ccccc1.[Pr]. The van der Waals surface area contributed by atoms with E-state index in [1.807, 2.05) is 18.2 Å². The van der Waals surface area contributed by atoms with E-state index in [1.54, 1.807) is 12.1 Å². The van der Waals surface area contributed by atoms with Gasteiger partial charge in [-0.15, -0.1) is 0 Å². The second-order valence-corrected chi connectivity index (χ2v) is 6.10. The molecule has 127 valence electrons. The van der Waals surface area contributed by atoms with Crippen LogP contribution in [0.2, 0.25) is 0 Å². The van der Waals surface area contributed by atoms with E-state index in [4.69, 9.17) is 5.73 Å². The Bertz CT molecular complexity index is 707. The maximum Gasteiger partial charge on any atom is 0.0796 e. The van der Waals surface area contributed by atoms with Crippen molar-refractivity contribution in [3.05, 3.63) is 83.6 Å². The fourth-order valence-electron chi connectivity index (χ4n) is 3.07. The molecular formula is C20H22N3OPr-. The van der Waals surface area contributed by atoms with Crippen molar-refractivity contribution in [2.75, 3.05) is 31.6 Å². The number of benzene rings is 2. The average Bonchev–Trinajstić information content (AvgIpc) is 3.13. The molecule has 0 aromatic heterocycles. The van der Waals surface area contributed by atoms with Crippen molar-refractivity contribution in [3.63, 3.8) is 0 Å². The largest absolute Gasteiger partial charge is 0.664 e. The zero-order valence-electron chi connectivity index (χ0n) is 14.4. The zero-order valence-corrected chi connectivity index (χ0v) is 18.1. The third-order valence-electron chi connectivity index (χ3n) is 4.51. The number of anilines is 1. The topological polar surface area (TPSA) is 47.4 Å². The number of hydrogen-bond donors (Lipinski definition) is 0. The quantitative estimate of drug-likeness (QED) is 0.613. The Balaban J connectivity index is 0.00000225. The minimum Gasteiger partial charge on any atom is -0.664 e. The molecule has 1 amide bonds. The smallest absolute Gasteiger partial charge is 0.0796 e. The molecule has 3 rings (SSSR count). The van der Waals surface area contributed by atoms with Crippen LogP contribution in [0.25, 0.3) is 5.73 Å². The van der Waals surface area contributed by atoms with Crippen LogP contribution in [0.1, 0.15) is 22.0 Å². The molecule has 2 aromatic carbocycles. The van der Waals surface area contributed by atoms with Crippen molar-refractivity contribution >= 4 is 11.6 Å². The molecule has 1 aliphatic rings. The van der Waals surface area contributed by atoms with Gasteiger partial charge in [0.2, 0.25) is 0 Å². The summed E-state index contributed by atoms with van der Waals surface area (Å²) in [7, 11) is 2.08. The molecule has 2 aromatic rings. The first-order valence-corrected chi connectivity index (χ1v) is 8.16. The van der Waals surface area contributed by atoms with Gasteiger partial charge in [-0.05, 0) is 23.3 Å². The minimum atomic E-state index is -0.646. The normalized spacial score (nSPS) is 14.8. The number of hydrogen-bond acceptors (Lipinski definition) is 3. The number of carbonyl (C=O) groups is 1. The van der Waals surface area contributed by atoms with Crippen molar-refractivity contribution in [1.29, 1.82) is 0 Å². The monoisotopic (exact) mass is 461 g/mol. The van der Waals surface area contributed by atoms with Gasteiger partial charge in [-0.2, -0.15) is 0 Å². The summed E-state index contributed by atoms with van der Waals surface area (Å²) in [6, 6.07) is 18.0. The number of amides is 1. The second-order valence-electron chi connectivity index (χ2n) is 6.10. The van der Waals surface area contributed by atoms with Crippen LogP contribution in [0.5, 0.6) is 0 Å². The first-order valence-electron chi connectivity index (χ1n) is 8.16. The van der Waals surface area contributed by atoms with Crippen molar-refractivity contribution in [1.82, 2.24) is 4.90 Å². The number of rotatable bonds is 6. The molecule has 0 unspecified atom stereocenters. The van der Waals surface area contributed by atoms with Gasteiger partial charge < -0.3 is 15.4 Å². The molecule has 1 radical (unpaired) electrons. The van der Waals surface area contributed by atoms with Crippen LogP contribution in [0.3, 0.4) is 0 Å². The summed E-state index contributed by atoms with van der Waals surface area (Å²) in [5.41, 5.74) is 9.94. The summed E-state index contributed by atoms with van der Waals surface area (Å²) in [6.45, 7) is 2.92. The molecule has 25 heavy (non-hydrogen) atoms. The van der Waals surface area contributed by atoms with Crippen LogP contribution in [-0.2, 0) is 0 Å².